The molecule has 1 aliphatic heterocycles. The number of hydrogen-bond acceptors (Lipinski definition) is 5. The van der Waals surface area contributed by atoms with Crippen molar-refractivity contribution in [3.63, 3.8) is 0 Å². The molecule has 2 aromatic rings. The zero-order valence-corrected chi connectivity index (χ0v) is 13.7. The Labute approximate surface area is 135 Å². The number of amides is 1. The van der Waals surface area contributed by atoms with Crippen molar-refractivity contribution in [3.05, 3.63) is 24.2 Å². The number of carbonyl (C=O) groups excluding carboxylic acids is 1. The second-order valence-corrected chi connectivity index (χ2v) is 6.26. The van der Waals surface area contributed by atoms with Gasteiger partial charge in [-0.1, -0.05) is 12.1 Å². The zero-order chi connectivity index (χ0) is 16.2. The fourth-order valence-electron chi connectivity index (χ4n) is 2.77. The van der Waals surface area contributed by atoms with Crippen molar-refractivity contribution in [2.24, 2.45) is 13.0 Å². The first-order valence-corrected chi connectivity index (χ1v) is 8.08. The Bertz CT molecular complexity index is 655. The van der Waals surface area contributed by atoms with Gasteiger partial charge in [0.15, 0.2) is 11.5 Å². The van der Waals surface area contributed by atoms with Gasteiger partial charge in [-0.15, -0.1) is 0 Å². The average Bonchev–Trinajstić information content (AvgIpc) is 3.18. The van der Waals surface area contributed by atoms with E-state index in [-0.39, 0.29) is 5.91 Å². The Morgan fingerprint density at radius 3 is 2.91 bits per heavy atom. The highest BCUT2D eigenvalue weighted by Gasteiger charge is 2.17. The van der Waals surface area contributed by atoms with Crippen LogP contribution in [0.3, 0.4) is 0 Å². The van der Waals surface area contributed by atoms with Crippen LogP contribution in [-0.2, 0) is 7.05 Å². The number of nitrogens with one attached hydrogen (secondary N) is 1. The van der Waals surface area contributed by atoms with Gasteiger partial charge in [0.25, 0.3) is 5.91 Å². The lowest BCUT2D eigenvalue weighted by molar-refractivity contribution is 0.0935. The molecule has 2 aromatic heterocycles. The summed E-state index contributed by atoms with van der Waals surface area (Å²) in [5.41, 5.74) is 1.11. The highest BCUT2D eigenvalue weighted by atomic mass is 16.5. The minimum atomic E-state index is -0.200. The molecular formula is C16H23N5O2. The summed E-state index contributed by atoms with van der Waals surface area (Å²) in [5.74, 6) is 1.17. The molecule has 7 nitrogen and oxygen atoms in total. The van der Waals surface area contributed by atoms with Crippen molar-refractivity contribution in [2.45, 2.75) is 19.8 Å². The third-order valence-electron chi connectivity index (χ3n) is 4.32. The van der Waals surface area contributed by atoms with Gasteiger partial charge in [-0.05, 0) is 31.8 Å². The Kier molecular flexibility index (Phi) is 4.76. The van der Waals surface area contributed by atoms with E-state index < -0.39 is 0 Å². The van der Waals surface area contributed by atoms with Crippen LogP contribution in [0.5, 0.6) is 0 Å². The fraction of sp³-hybridized carbons (Fsp3) is 0.562. The Hall–Kier alpha value is -2.15. The number of likely N-dealkylation sites (tertiary alicyclic amines) is 1. The van der Waals surface area contributed by atoms with E-state index in [1.807, 2.05) is 13.2 Å². The second-order valence-electron chi connectivity index (χ2n) is 6.26. The quantitative estimate of drug-likeness (QED) is 0.905. The Balaban J connectivity index is 1.48. The van der Waals surface area contributed by atoms with Gasteiger partial charge in [0, 0.05) is 32.4 Å². The van der Waals surface area contributed by atoms with Crippen molar-refractivity contribution in [1.29, 1.82) is 0 Å². The van der Waals surface area contributed by atoms with Crippen LogP contribution >= 0.6 is 0 Å². The first-order chi connectivity index (χ1) is 11.1. The summed E-state index contributed by atoms with van der Waals surface area (Å²) < 4.78 is 6.90. The normalized spacial score (nSPS) is 16.6. The molecule has 0 unspecified atom stereocenters. The maximum Gasteiger partial charge on any atom is 0.273 e. The van der Waals surface area contributed by atoms with Crippen LogP contribution in [0.15, 0.2) is 23.0 Å². The number of aryl methyl sites for hydroxylation is 1. The maximum absolute atomic E-state index is 12.1. The largest absolute Gasteiger partial charge is 0.355 e. The molecule has 3 heterocycles. The van der Waals surface area contributed by atoms with Crippen LogP contribution in [-0.4, -0.2) is 51.9 Å². The first-order valence-electron chi connectivity index (χ1n) is 8.08. The predicted octanol–water partition coefficient (Wildman–Crippen LogP) is 1.54. The summed E-state index contributed by atoms with van der Waals surface area (Å²) in [7, 11) is 1.83. The molecule has 0 saturated carbocycles. The summed E-state index contributed by atoms with van der Waals surface area (Å²) in [6, 6.07) is 1.65. The van der Waals surface area contributed by atoms with Crippen LogP contribution in [0, 0.1) is 5.92 Å². The minimum Gasteiger partial charge on any atom is -0.355 e. The van der Waals surface area contributed by atoms with Gasteiger partial charge in [-0.2, -0.15) is 5.10 Å². The minimum absolute atomic E-state index is 0.200. The number of aromatic nitrogens is 3. The first kappa shape index (κ1) is 15.7. The predicted molar refractivity (Wildman–Crippen MR) is 85.9 cm³/mol. The lowest BCUT2D eigenvalue weighted by Gasteiger charge is -2.30. The molecule has 1 saturated heterocycles. The molecule has 0 aliphatic carbocycles. The number of carbonyl (C=O) groups is 1. The highest BCUT2D eigenvalue weighted by molar-refractivity contribution is 5.93. The number of hydrogen-bond donors (Lipinski definition) is 1. The van der Waals surface area contributed by atoms with E-state index in [0.29, 0.717) is 18.0 Å². The molecule has 0 aromatic carbocycles. The van der Waals surface area contributed by atoms with Crippen molar-refractivity contribution in [3.8, 4) is 11.3 Å². The Morgan fingerprint density at radius 2 is 2.22 bits per heavy atom. The molecule has 1 fully saturated rings. The van der Waals surface area contributed by atoms with E-state index in [1.165, 1.54) is 12.8 Å². The van der Waals surface area contributed by atoms with E-state index in [2.05, 4.69) is 27.4 Å². The summed E-state index contributed by atoms with van der Waals surface area (Å²) in [6.45, 7) is 6.04. The standard InChI is InChI=1S/C16H23N5O2/c1-12-3-6-21(7-4-12)8-5-17-16(22)14-9-15(23-19-14)13-10-18-20(2)11-13/h9-12H,3-8H2,1-2H3,(H,17,22). The molecule has 23 heavy (non-hydrogen) atoms. The Morgan fingerprint density at radius 1 is 1.43 bits per heavy atom. The van der Waals surface area contributed by atoms with Crippen molar-refractivity contribution in [2.75, 3.05) is 26.2 Å². The molecule has 124 valence electrons. The number of rotatable bonds is 5. The number of nitrogens with zero attached hydrogens (tertiary/aromatic N) is 4. The van der Waals surface area contributed by atoms with Gasteiger partial charge in [0.05, 0.1) is 11.8 Å². The van der Waals surface area contributed by atoms with Crippen LogP contribution in [0.4, 0.5) is 0 Å². The summed E-state index contributed by atoms with van der Waals surface area (Å²) in [5, 5.41) is 10.8. The second kappa shape index (κ2) is 6.95. The third kappa shape index (κ3) is 3.98. The summed E-state index contributed by atoms with van der Waals surface area (Å²) >= 11 is 0. The topological polar surface area (TPSA) is 76.2 Å². The van der Waals surface area contributed by atoms with Crippen LogP contribution < -0.4 is 5.32 Å². The van der Waals surface area contributed by atoms with E-state index >= 15 is 0 Å². The molecular weight excluding hydrogens is 294 g/mol. The lowest BCUT2D eigenvalue weighted by Crippen LogP contribution is -2.39. The van der Waals surface area contributed by atoms with Gasteiger partial charge in [0.2, 0.25) is 0 Å². The van der Waals surface area contributed by atoms with Crippen LogP contribution in [0.1, 0.15) is 30.3 Å². The van der Waals surface area contributed by atoms with E-state index in [0.717, 1.165) is 31.1 Å². The van der Waals surface area contributed by atoms with Crippen molar-refractivity contribution in [1.82, 2.24) is 25.2 Å². The van der Waals surface area contributed by atoms with E-state index in [1.54, 1.807) is 16.9 Å². The summed E-state index contributed by atoms with van der Waals surface area (Å²) in [4.78, 5) is 14.5. The SMILES string of the molecule is CC1CCN(CCNC(=O)c2cc(-c3cnn(C)c3)on2)CC1. The maximum atomic E-state index is 12.1. The average molecular weight is 317 g/mol. The van der Waals surface area contributed by atoms with Gasteiger partial charge in [-0.25, -0.2) is 0 Å². The summed E-state index contributed by atoms with van der Waals surface area (Å²) in [6.07, 6.45) is 5.98. The van der Waals surface area contributed by atoms with E-state index in [9.17, 15) is 4.79 Å². The van der Waals surface area contributed by atoms with Crippen molar-refractivity contribution < 1.29 is 9.32 Å². The molecule has 1 amide bonds. The highest BCUT2D eigenvalue weighted by Crippen LogP contribution is 2.19. The molecule has 1 aliphatic rings. The zero-order valence-electron chi connectivity index (χ0n) is 13.7. The molecule has 0 spiro atoms. The molecule has 1 N–H and O–H groups in total. The third-order valence-corrected chi connectivity index (χ3v) is 4.32. The van der Waals surface area contributed by atoms with Gasteiger partial charge < -0.3 is 14.7 Å². The smallest absolute Gasteiger partial charge is 0.273 e. The molecule has 3 rings (SSSR count). The molecule has 0 bridgehead atoms. The number of piperidine rings is 1. The molecule has 0 atom stereocenters. The monoisotopic (exact) mass is 317 g/mol. The van der Waals surface area contributed by atoms with E-state index in [4.69, 9.17) is 4.52 Å². The van der Waals surface area contributed by atoms with Gasteiger partial charge in [-0.3, -0.25) is 9.48 Å². The van der Waals surface area contributed by atoms with Crippen LogP contribution in [0.2, 0.25) is 0 Å². The molecule has 7 heteroatoms. The molecule has 0 radical (unpaired) electrons. The lowest BCUT2D eigenvalue weighted by atomic mass is 9.99. The van der Waals surface area contributed by atoms with Gasteiger partial charge >= 0.3 is 0 Å². The van der Waals surface area contributed by atoms with Crippen LogP contribution in [0.25, 0.3) is 11.3 Å². The fourth-order valence-corrected chi connectivity index (χ4v) is 2.77. The van der Waals surface area contributed by atoms with Gasteiger partial charge in [0.1, 0.15) is 0 Å². The van der Waals surface area contributed by atoms with Crippen molar-refractivity contribution >= 4 is 5.91 Å².